The van der Waals surface area contributed by atoms with Gasteiger partial charge in [-0.25, -0.2) is 22.3 Å². The minimum atomic E-state index is -2.70. The number of nitrogens with zero attached hydrogens (tertiary/aromatic N) is 4. The van der Waals surface area contributed by atoms with Crippen molar-refractivity contribution in [3.05, 3.63) is 40.8 Å². The van der Waals surface area contributed by atoms with Gasteiger partial charge >= 0.3 is 0 Å². The van der Waals surface area contributed by atoms with Gasteiger partial charge in [0.25, 0.3) is 0 Å². The quantitative estimate of drug-likeness (QED) is 0.326. The molecule has 1 saturated heterocycles. The highest BCUT2D eigenvalue weighted by atomic mass is 32.2. The summed E-state index contributed by atoms with van der Waals surface area (Å²) in [6.45, 7) is 1.06. The molecule has 0 spiro atoms. The molecule has 0 saturated carbocycles. The third kappa shape index (κ3) is 4.09. The molecule has 1 aromatic heterocycles. The second-order valence-electron chi connectivity index (χ2n) is 7.26. The average molecular weight is 423 g/mol. The fourth-order valence-electron chi connectivity index (χ4n) is 3.64. The zero-order valence-electron chi connectivity index (χ0n) is 15.8. The van der Waals surface area contributed by atoms with E-state index in [9.17, 15) is 13.8 Å². The Morgan fingerprint density at radius 3 is 2.86 bits per heavy atom. The number of aliphatic imine (C=N–C) groups is 1. The van der Waals surface area contributed by atoms with Gasteiger partial charge < -0.3 is 5.32 Å². The monoisotopic (exact) mass is 423 g/mol. The maximum Gasteiger partial charge on any atom is 0.202 e. The molecule has 2 aromatic rings. The largest absolute Gasteiger partial charge is 0.362 e. The number of aromatic nitrogens is 2. The van der Waals surface area contributed by atoms with E-state index >= 15 is 0 Å². The molecule has 0 radical (unpaired) electrons. The molecule has 4 rings (SSSR count). The Kier molecular flexibility index (Phi) is 5.23. The summed E-state index contributed by atoms with van der Waals surface area (Å²) in [4.78, 5) is 4.44. The van der Waals surface area contributed by atoms with E-state index in [4.69, 9.17) is 9.41 Å². The Morgan fingerprint density at radius 2 is 2.17 bits per heavy atom. The van der Waals surface area contributed by atoms with Gasteiger partial charge in [-0.3, -0.25) is 15.7 Å². The highest BCUT2D eigenvalue weighted by Gasteiger charge is 2.29. The van der Waals surface area contributed by atoms with Crippen LogP contribution in [0.2, 0.25) is 0 Å². The van der Waals surface area contributed by atoms with Crippen LogP contribution in [0, 0.1) is 10.6 Å². The molecular weight excluding hydrogens is 401 g/mol. The number of rotatable bonds is 5. The summed E-state index contributed by atoms with van der Waals surface area (Å²) in [5.41, 5.74) is 4.05. The van der Waals surface area contributed by atoms with E-state index in [2.05, 4.69) is 20.6 Å². The zero-order valence-corrected chi connectivity index (χ0v) is 16.6. The molecular formula is C17H22FN7O3S. The first-order valence-electron chi connectivity index (χ1n) is 9.19. The predicted octanol–water partition coefficient (Wildman–Crippen LogP) is 1.70. The summed E-state index contributed by atoms with van der Waals surface area (Å²) >= 11 is 0. The maximum absolute atomic E-state index is 13.5. The molecule has 2 aliphatic rings. The molecule has 2 heterocycles. The van der Waals surface area contributed by atoms with E-state index in [-0.39, 0.29) is 29.4 Å². The van der Waals surface area contributed by atoms with Crippen molar-refractivity contribution in [1.29, 1.82) is 4.78 Å². The van der Waals surface area contributed by atoms with Crippen LogP contribution in [-0.4, -0.2) is 55.3 Å². The number of amidine groups is 1. The van der Waals surface area contributed by atoms with Crippen LogP contribution in [0.25, 0.3) is 0 Å². The number of benzene rings is 1. The van der Waals surface area contributed by atoms with Crippen LogP contribution in [0.15, 0.2) is 27.8 Å². The summed E-state index contributed by atoms with van der Waals surface area (Å²) in [5.74, 6) is 0.0714. The molecule has 1 unspecified atom stereocenters. The minimum absolute atomic E-state index is 0.0251. The van der Waals surface area contributed by atoms with E-state index in [0.717, 1.165) is 11.1 Å². The SMILES string of the molecule is CS(=N)(=O)N1CCC(Nc2nonc2C(=N[C@H]2Cc3ccc(F)cc32)NO)CC1. The lowest BCUT2D eigenvalue weighted by Gasteiger charge is -2.32. The van der Waals surface area contributed by atoms with E-state index in [1.54, 1.807) is 10.4 Å². The number of piperidine rings is 1. The molecule has 0 bridgehead atoms. The molecule has 29 heavy (non-hydrogen) atoms. The van der Waals surface area contributed by atoms with Crippen LogP contribution in [0.4, 0.5) is 10.2 Å². The van der Waals surface area contributed by atoms with Crippen LogP contribution in [0.3, 0.4) is 0 Å². The molecule has 1 aliphatic carbocycles. The van der Waals surface area contributed by atoms with Crippen LogP contribution in [-0.2, 0) is 16.3 Å². The number of nitrogens with one attached hydrogen (secondary N) is 3. The summed E-state index contributed by atoms with van der Waals surface area (Å²) in [6, 6.07) is 4.31. The fraction of sp³-hybridized carbons (Fsp3) is 0.471. The number of fused-ring (bicyclic) bond motifs is 1. The summed E-state index contributed by atoms with van der Waals surface area (Å²) in [6.07, 6.45) is 3.39. The smallest absolute Gasteiger partial charge is 0.202 e. The topological polar surface area (TPSA) is 140 Å². The van der Waals surface area contributed by atoms with E-state index in [1.165, 1.54) is 18.4 Å². The van der Waals surface area contributed by atoms with Crippen molar-refractivity contribution in [3.8, 4) is 0 Å². The molecule has 1 aliphatic heterocycles. The van der Waals surface area contributed by atoms with Crippen molar-refractivity contribution in [1.82, 2.24) is 20.1 Å². The Balaban J connectivity index is 1.47. The van der Waals surface area contributed by atoms with Crippen molar-refractivity contribution in [2.45, 2.75) is 31.3 Å². The highest BCUT2D eigenvalue weighted by molar-refractivity contribution is 7.89. The Labute approximate surface area is 167 Å². The molecule has 2 atom stereocenters. The normalized spacial score (nSPS) is 22.4. The van der Waals surface area contributed by atoms with E-state index < -0.39 is 9.92 Å². The Morgan fingerprint density at radius 1 is 1.41 bits per heavy atom. The standard InChI is InChI=1S/C17H22FN7O3S/c1-29(19,27)25-6-4-12(5-7-25)20-17-15(23-28-24-17)16(22-26)21-14-8-10-2-3-11(18)9-13(10)14/h2-3,9,12,14,19,26H,4-8H2,1H3,(H,20,24)(H,21,22)/t14-,29?/m0/s1. The van der Waals surface area contributed by atoms with Crippen LogP contribution in [0.1, 0.15) is 35.7 Å². The number of hydrogen-bond acceptors (Lipinski definition) is 8. The van der Waals surface area contributed by atoms with Gasteiger partial charge in [-0.05, 0) is 52.8 Å². The lowest BCUT2D eigenvalue weighted by atomic mass is 9.83. The first-order chi connectivity index (χ1) is 13.8. The van der Waals surface area contributed by atoms with E-state index in [0.29, 0.717) is 38.2 Å². The van der Waals surface area contributed by atoms with Crippen molar-refractivity contribution >= 4 is 21.6 Å². The summed E-state index contributed by atoms with van der Waals surface area (Å²) in [7, 11) is -2.70. The highest BCUT2D eigenvalue weighted by Crippen LogP contribution is 2.37. The molecule has 10 nitrogen and oxygen atoms in total. The Hall–Kier alpha value is -2.57. The number of hydroxylamine groups is 1. The average Bonchev–Trinajstić information content (AvgIpc) is 3.12. The molecule has 1 fully saturated rings. The second kappa shape index (κ2) is 7.69. The predicted molar refractivity (Wildman–Crippen MR) is 104 cm³/mol. The maximum atomic E-state index is 13.5. The van der Waals surface area contributed by atoms with Crippen LogP contribution >= 0.6 is 0 Å². The molecule has 4 N–H and O–H groups in total. The van der Waals surface area contributed by atoms with Gasteiger partial charge in [-0.1, -0.05) is 6.07 Å². The van der Waals surface area contributed by atoms with Gasteiger partial charge in [0.1, 0.15) is 15.7 Å². The minimum Gasteiger partial charge on any atom is -0.362 e. The molecule has 12 heteroatoms. The zero-order chi connectivity index (χ0) is 20.6. The van der Waals surface area contributed by atoms with Gasteiger partial charge in [0, 0.05) is 25.4 Å². The molecule has 156 valence electrons. The van der Waals surface area contributed by atoms with Crippen LogP contribution < -0.4 is 10.8 Å². The van der Waals surface area contributed by atoms with Gasteiger partial charge in [-0.15, -0.1) is 0 Å². The number of halogens is 1. The lowest BCUT2D eigenvalue weighted by molar-refractivity contribution is 0.232. The molecule has 1 aromatic carbocycles. The third-order valence-corrected chi connectivity index (χ3v) is 6.62. The number of hydrogen-bond donors (Lipinski definition) is 4. The molecule has 0 amide bonds. The number of anilines is 1. The van der Waals surface area contributed by atoms with Crippen molar-refractivity contribution in [3.63, 3.8) is 0 Å². The summed E-state index contributed by atoms with van der Waals surface area (Å²) < 4.78 is 39.5. The van der Waals surface area contributed by atoms with Crippen molar-refractivity contribution in [2.75, 3.05) is 24.7 Å². The van der Waals surface area contributed by atoms with Gasteiger partial charge in [0.15, 0.2) is 11.5 Å². The third-order valence-electron chi connectivity index (χ3n) is 5.27. The fourth-order valence-corrected chi connectivity index (χ4v) is 4.55. The van der Waals surface area contributed by atoms with Crippen molar-refractivity contribution < 1.29 is 18.4 Å². The van der Waals surface area contributed by atoms with Gasteiger partial charge in [-0.2, -0.15) is 0 Å². The first-order valence-corrected chi connectivity index (χ1v) is 11.1. The van der Waals surface area contributed by atoms with Crippen molar-refractivity contribution in [2.24, 2.45) is 4.99 Å². The van der Waals surface area contributed by atoms with Crippen LogP contribution in [0.5, 0.6) is 0 Å². The van der Waals surface area contributed by atoms with E-state index in [1.807, 2.05) is 5.48 Å². The van der Waals surface area contributed by atoms with Gasteiger partial charge in [0.2, 0.25) is 5.82 Å². The summed E-state index contributed by atoms with van der Waals surface area (Å²) in [5, 5.41) is 20.5. The first kappa shape index (κ1) is 19.7. The lowest BCUT2D eigenvalue weighted by Crippen LogP contribution is -2.41. The second-order valence-corrected chi connectivity index (χ2v) is 9.39. The Bertz CT molecular complexity index is 1030. The van der Waals surface area contributed by atoms with Gasteiger partial charge in [0.05, 0.1) is 6.04 Å².